The third-order valence-electron chi connectivity index (χ3n) is 4.72. The molecule has 2 N–H and O–H groups in total. The van der Waals surface area contributed by atoms with Crippen LogP contribution in [0.4, 0.5) is 5.82 Å². The molecule has 2 aromatic carbocycles. The largest absolute Gasteiger partial charge is 0.493 e. The van der Waals surface area contributed by atoms with Gasteiger partial charge in [-0.05, 0) is 23.8 Å². The minimum absolute atomic E-state index is 0.0261. The van der Waals surface area contributed by atoms with Crippen molar-refractivity contribution in [2.75, 3.05) is 25.0 Å². The quantitative estimate of drug-likeness (QED) is 0.301. The minimum atomic E-state index is -4.07. The molecule has 37 heavy (non-hydrogen) atoms. The van der Waals surface area contributed by atoms with Gasteiger partial charge in [0.05, 0.1) is 25.3 Å². The molecule has 190 valence electrons. The molecule has 0 bridgehead atoms. The molecular formula is C25H23N5O6S. The van der Waals surface area contributed by atoms with Crippen molar-refractivity contribution in [1.29, 1.82) is 0 Å². The van der Waals surface area contributed by atoms with Crippen molar-refractivity contribution < 1.29 is 27.7 Å². The maximum Gasteiger partial charge on any atom is 0.263 e. The molecule has 0 aliphatic carbocycles. The van der Waals surface area contributed by atoms with E-state index in [-0.39, 0.29) is 47.9 Å². The molecule has 0 spiro atoms. The van der Waals surface area contributed by atoms with Crippen molar-refractivity contribution in [1.82, 2.24) is 19.9 Å². The molecule has 0 aliphatic rings. The number of methoxy groups -OCH3 is 1. The number of aromatic nitrogens is 4. The molecule has 0 radical (unpaired) electrons. The molecule has 12 heteroatoms. The lowest BCUT2D eigenvalue weighted by Gasteiger charge is -2.17. The lowest BCUT2D eigenvalue weighted by Crippen LogP contribution is -2.14. The predicted octanol–water partition coefficient (Wildman–Crippen LogP) is 3.52. The Morgan fingerprint density at radius 3 is 2.46 bits per heavy atom. The van der Waals surface area contributed by atoms with E-state index in [1.165, 1.54) is 31.8 Å². The maximum absolute atomic E-state index is 13.0. The highest BCUT2D eigenvalue weighted by Gasteiger charge is 2.24. The van der Waals surface area contributed by atoms with Gasteiger partial charge in [0.25, 0.3) is 15.9 Å². The van der Waals surface area contributed by atoms with Gasteiger partial charge in [-0.15, -0.1) is 0 Å². The summed E-state index contributed by atoms with van der Waals surface area (Å²) in [6.07, 6.45) is 5.78. The molecule has 0 aliphatic heterocycles. The van der Waals surface area contributed by atoms with E-state index in [0.717, 1.165) is 5.41 Å². The van der Waals surface area contributed by atoms with Gasteiger partial charge in [0.1, 0.15) is 12.3 Å². The van der Waals surface area contributed by atoms with E-state index in [0.29, 0.717) is 11.3 Å². The Hall–Kier alpha value is -4.55. The lowest BCUT2D eigenvalue weighted by atomic mass is 10.2. The summed E-state index contributed by atoms with van der Waals surface area (Å²) in [6, 6.07) is 15.7. The van der Waals surface area contributed by atoms with Crippen molar-refractivity contribution in [3.63, 3.8) is 0 Å². The normalized spacial score (nSPS) is 11.3. The van der Waals surface area contributed by atoms with Crippen molar-refractivity contribution in [3.05, 3.63) is 84.2 Å². The first-order valence-electron chi connectivity index (χ1n) is 11.0. The highest BCUT2D eigenvalue weighted by molar-refractivity contribution is 7.95. The molecule has 11 nitrogen and oxygen atoms in total. The number of aliphatic hydroxyl groups excluding tert-OH is 1. The van der Waals surface area contributed by atoms with Crippen molar-refractivity contribution in [3.8, 4) is 34.6 Å². The van der Waals surface area contributed by atoms with E-state index in [9.17, 15) is 13.5 Å². The Labute approximate surface area is 213 Å². The summed E-state index contributed by atoms with van der Waals surface area (Å²) >= 11 is 0. The molecule has 0 amide bonds. The second kappa shape index (κ2) is 11.9. The Morgan fingerprint density at radius 1 is 1.00 bits per heavy atom. The number of aliphatic hydroxyl groups is 1. The zero-order valence-corrected chi connectivity index (χ0v) is 20.5. The van der Waals surface area contributed by atoms with Gasteiger partial charge in [-0.25, -0.2) is 18.4 Å². The van der Waals surface area contributed by atoms with Crippen LogP contribution in [0.15, 0.2) is 78.6 Å². The molecule has 2 heterocycles. The second-order valence-electron chi connectivity index (χ2n) is 7.31. The van der Waals surface area contributed by atoms with E-state index < -0.39 is 10.0 Å². The van der Waals surface area contributed by atoms with Crippen LogP contribution in [0.5, 0.6) is 23.1 Å². The van der Waals surface area contributed by atoms with Gasteiger partial charge in [-0.2, -0.15) is 4.98 Å². The molecular weight excluding hydrogens is 498 g/mol. The number of ether oxygens (including phenoxy) is 3. The fourth-order valence-electron chi connectivity index (χ4n) is 3.07. The fraction of sp³-hybridized carbons (Fsp3) is 0.120. The Kier molecular flexibility index (Phi) is 8.23. The van der Waals surface area contributed by atoms with Gasteiger partial charge in [-0.3, -0.25) is 9.71 Å². The van der Waals surface area contributed by atoms with Crippen LogP contribution in [0.2, 0.25) is 0 Å². The highest BCUT2D eigenvalue weighted by atomic mass is 32.2. The van der Waals surface area contributed by atoms with E-state index in [4.69, 9.17) is 14.2 Å². The monoisotopic (exact) mass is 521 g/mol. The van der Waals surface area contributed by atoms with Gasteiger partial charge >= 0.3 is 0 Å². The highest BCUT2D eigenvalue weighted by Crippen LogP contribution is 2.41. The smallest absolute Gasteiger partial charge is 0.263 e. The summed E-state index contributed by atoms with van der Waals surface area (Å²) in [7, 11) is -2.60. The van der Waals surface area contributed by atoms with Crippen LogP contribution in [-0.4, -0.2) is 53.8 Å². The molecule has 0 unspecified atom stereocenters. The van der Waals surface area contributed by atoms with Crippen molar-refractivity contribution >= 4 is 21.9 Å². The standard InChI is InChI=1S/C25H23N5O6S/c1-34-20-9-5-6-10-21(20)36-22-24(30-37(32,33)16-11-18-7-3-2-4-8-18)28-23(19-17-26-12-13-27-19)29-25(22)35-15-14-31/h2-13,16-17,31H,14-15H2,1H3,(H,28,29,30). The number of rotatable bonds is 11. The predicted molar refractivity (Wildman–Crippen MR) is 137 cm³/mol. The van der Waals surface area contributed by atoms with Crippen molar-refractivity contribution in [2.45, 2.75) is 0 Å². The Balaban J connectivity index is 1.82. The van der Waals surface area contributed by atoms with E-state index in [1.807, 2.05) is 6.07 Å². The third-order valence-corrected chi connectivity index (χ3v) is 5.69. The van der Waals surface area contributed by atoms with Gasteiger partial charge < -0.3 is 19.3 Å². The number of hydrogen-bond acceptors (Lipinski definition) is 10. The summed E-state index contributed by atoms with van der Waals surface area (Å²) in [5, 5.41) is 10.3. The maximum atomic E-state index is 13.0. The molecule has 0 saturated carbocycles. The van der Waals surface area contributed by atoms with Gasteiger partial charge in [0.2, 0.25) is 5.75 Å². The summed E-state index contributed by atoms with van der Waals surface area (Å²) in [4.78, 5) is 16.9. The number of para-hydroxylation sites is 2. The lowest BCUT2D eigenvalue weighted by molar-refractivity contribution is 0.192. The Morgan fingerprint density at radius 2 is 1.76 bits per heavy atom. The minimum Gasteiger partial charge on any atom is -0.493 e. The summed E-state index contributed by atoms with van der Waals surface area (Å²) in [6.45, 7) is -0.460. The van der Waals surface area contributed by atoms with E-state index in [2.05, 4.69) is 24.7 Å². The number of nitrogens with zero attached hydrogens (tertiary/aromatic N) is 4. The fourth-order valence-corrected chi connectivity index (χ4v) is 3.89. The van der Waals surface area contributed by atoms with Gasteiger partial charge in [-0.1, -0.05) is 42.5 Å². The van der Waals surface area contributed by atoms with Crippen LogP contribution in [0.1, 0.15) is 5.56 Å². The average Bonchev–Trinajstić information content (AvgIpc) is 2.93. The molecule has 0 atom stereocenters. The first-order chi connectivity index (χ1) is 18.0. The number of anilines is 1. The zero-order chi connectivity index (χ0) is 26.1. The second-order valence-corrected chi connectivity index (χ2v) is 8.87. The third kappa shape index (κ3) is 6.78. The first-order valence-corrected chi connectivity index (χ1v) is 12.5. The van der Waals surface area contributed by atoms with Crippen molar-refractivity contribution in [2.24, 2.45) is 0 Å². The SMILES string of the molecule is COc1ccccc1Oc1c(NS(=O)(=O)C=Cc2ccccc2)nc(-c2cnccn2)nc1OCCO. The van der Waals surface area contributed by atoms with Gasteiger partial charge in [0.15, 0.2) is 23.1 Å². The molecule has 4 rings (SSSR count). The van der Waals surface area contributed by atoms with Crippen LogP contribution in [-0.2, 0) is 10.0 Å². The van der Waals surface area contributed by atoms with E-state index >= 15 is 0 Å². The van der Waals surface area contributed by atoms with Gasteiger partial charge in [0, 0.05) is 12.4 Å². The number of benzene rings is 2. The zero-order valence-electron chi connectivity index (χ0n) is 19.7. The number of hydrogen-bond donors (Lipinski definition) is 2. The van der Waals surface area contributed by atoms with Crippen LogP contribution < -0.4 is 18.9 Å². The number of nitrogens with one attached hydrogen (secondary N) is 1. The van der Waals surface area contributed by atoms with Crippen LogP contribution >= 0.6 is 0 Å². The average molecular weight is 522 g/mol. The first kappa shape index (κ1) is 25.5. The number of sulfonamides is 1. The topological polar surface area (TPSA) is 146 Å². The summed E-state index contributed by atoms with van der Waals surface area (Å²) in [5.74, 6) is 0.189. The van der Waals surface area contributed by atoms with Crippen LogP contribution in [0.3, 0.4) is 0 Å². The van der Waals surface area contributed by atoms with Crippen LogP contribution in [0, 0.1) is 0 Å². The summed E-state index contributed by atoms with van der Waals surface area (Å²) < 4.78 is 45.4. The van der Waals surface area contributed by atoms with E-state index in [1.54, 1.807) is 48.5 Å². The van der Waals surface area contributed by atoms with Crippen LogP contribution in [0.25, 0.3) is 17.6 Å². The molecule has 0 fully saturated rings. The molecule has 4 aromatic rings. The summed E-state index contributed by atoms with van der Waals surface area (Å²) in [5.41, 5.74) is 0.953. The molecule has 0 saturated heterocycles. The Bertz CT molecular complexity index is 1470. The molecule has 2 aromatic heterocycles.